The largest absolute Gasteiger partial charge is 0.394 e. The molecular weight excluding hydrogens is 232 g/mol. The van der Waals surface area contributed by atoms with Crippen LogP contribution in [0.2, 0.25) is 0 Å². The van der Waals surface area contributed by atoms with E-state index in [2.05, 4.69) is 10.4 Å². The average Bonchev–Trinajstić information content (AvgIpc) is 2.36. The molecule has 0 aliphatic heterocycles. The third kappa shape index (κ3) is 4.08. The van der Waals surface area contributed by atoms with Crippen molar-refractivity contribution in [3.8, 4) is 0 Å². The van der Waals surface area contributed by atoms with E-state index in [9.17, 15) is 14.9 Å². The van der Waals surface area contributed by atoms with Gasteiger partial charge in [0.1, 0.15) is 6.04 Å². The molecule has 100 valence electrons. The Morgan fingerprint density at radius 1 is 1.18 bits per heavy atom. The van der Waals surface area contributed by atoms with E-state index >= 15 is 0 Å². The molecule has 0 bridgehead atoms. The van der Waals surface area contributed by atoms with Crippen molar-refractivity contribution in [1.29, 1.82) is 0 Å². The molecule has 4 atom stereocenters. The van der Waals surface area contributed by atoms with Crippen LogP contribution in [0.1, 0.15) is 6.92 Å². The van der Waals surface area contributed by atoms with Gasteiger partial charge in [-0.15, -0.1) is 0 Å². The van der Waals surface area contributed by atoms with E-state index in [0.717, 1.165) is 0 Å². The first kappa shape index (κ1) is 16.0. The molecule has 0 heterocycles. The van der Waals surface area contributed by atoms with Crippen molar-refractivity contribution in [3.63, 3.8) is 0 Å². The van der Waals surface area contributed by atoms with Gasteiger partial charge in [0.05, 0.1) is 12.7 Å². The molecule has 0 amide bonds. The Balaban J connectivity index is 4.77. The fourth-order valence-corrected chi connectivity index (χ4v) is 1.48. The van der Waals surface area contributed by atoms with Crippen molar-refractivity contribution in [1.82, 2.24) is 0 Å². The summed E-state index contributed by atoms with van der Waals surface area (Å²) >= 11 is 0. The number of rotatable bonds is 9. The third-order valence-electron chi connectivity index (χ3n) is 2.68. The molecule has 8 heteroatoms. The molecule has 0 fully saturated rings. The van der Waals surface area contributed by atoms with Crippen LogP contribution in [0.5, 0.6) is 0 Å². The van der Waals surface area contributed by atoms with Gasteiger partial charge in [0.15, 0.2) is 12.3 Å². The minimum atomic E-state index is -1.30. The lowest BCUT2D eigenvalue weighted by molar-refractivity contribution is -0.141. The van der Waals surface area contributed by atoms with E-state index in [1.807, 2.05) is 0 Å². The molecule has 0 aromatic carbocycles. The van der Waals surface area contributed by atoms with E-state index in [4.69, 9.17) is 14.6 Å². The van der Waals surface area contributed by atoms with E-state index in [0.29, 0.717) is 0 Å². The summed E-state index contributed by atoms with van der Waals surface area (Å²) in [5, 5.41) is 24.2. The van der Waals surface area contributed by atoms with Gasteiger partial charge in [0.2, 0.25) is 0 Å². The second-order valence-electron chi connectivity index (χ2n) is 3.64. The van der Waals surface area contributed by atoms with E-state index in [1.54, 1.807) is 0 Å². The Hall–Kier alpha value is -0.960. The molecule has 0 aromatic rings. The maximum atomic E-state index is 10.7. The molecule has 17 heavy (non-hydrogen) atoms. The SMILES string of the molecule is COC(OC)C(N=O)C(O)C(C)[C@@H](CO)N=O. The number of nitrogens with zero attached hydrogens (tertiary/aromatic N) is 2. The molecule has 0 radical (unpaired) electrons. The average molecular weight is 250 g/mol. The Labute approximate surface area is 98.9 Å². The Morgan fingerprint density at radius 2 is 1.71 bits per heavy atom. The van der Waals surface area contributed by atoms with Crippen molar-refractivity contribution in [3.05, 3.63) is 9.81 Å². The Kier molecular flexibility index (Phi) is 7.72. The molecule has 2 N–H and O–H groups in total. The van der Waals surface area contributed by atoms with Crippen LogP contribution in [0.4, 0.5) is 0 Å². The van der Waals surface area contributed by atoms with Gasteiger partial charge in [-0.1, -0.05) is 17.3 Å². The summed E-state index contributed by atoms with van der Waals surface area (Å²) < 4.78 is 9.65. The molecule has 3 unspecified atom stereocenters. The topological polar surface area (TPSA) is 118 Å². The quantitative estimate of drug-likeness (QED) is 0.434. The zero-order valence-corrected chi connectivity index (χ0v) is 10.0. The monoisotopic (exact) mass is 250 g/mol. The highest BCUT2D eigenvalue weighted by molar-refractivity contribution is 4.87. The van der Waals surface area contributed by atoms with E-state index in [1.165, 1.54) is 21.1 Å². The lowest BCUT2D eigenvalue weighted by atomic mass is 9.91. The molecular formula is C9H18N2O6. The minimum Gasteiger partial charge on any atom is -0.394 e. The number of hydrogen-bond donors (Lipinski definition) is 2. The highest BCUT2D eigenvalue weighted by Crippen LogP contribution is 2.20. The number of aliphatic hydroxyl groups excluding tert-OH is 2. The second-order valence-corrected chi connectivity index (χ2v) is 3.64. The second kappa shape index (κ2) is 8.18. The number of hydrogen-bond acceptors (Lipinski definition) is 8. The van der Waals surface area contributed by atoms with Gasteiger partial charge in [0.25, 0.3) is 0 Å². The first-order chi connectivity index (χ1) is 8.06. The number of nitroso groups, excluding NO2 is 2. The van der Waals surface area contributed by atoms with Gasteiger partial charge in [0, 0.05) is 20.1 Å². The van der Waals surface area contributed by atoms with Crippen LogP contribution in [-0.2, 0) is 9.47 Å². The molecule has 0 aliphatic carbocycles. The van der Waals surface area contributed by atoms with Gasteiger partial charge >= 0.3 is 0 Å². The molecule has 0 saturated carbocycles. The number of ether oxygens (including phenoxy) is 2. The lowest BCUT2D eigenvalue weighted by Gasteiger charge is -2.28. The van der Waals surface area contributed by atoms with Gasteiger partial charge < -0.3 is 19.7 Å². The maximum Gasteiger partial charge on any atom is 0.185 e. The molecule has 0 aromatic heterocycles. The predicted octanol–water partition coefficient (Wildman–Crippen LogP) is -0.135. The summed E-state index contributed by atoms with van der Waals surface area (Å²) in [5.41, 5.74) is 0. The number of methoxy groups -OCH3 is 2. The van der Waals surface area contributed by atoms with Crippen LogP contribution >= 0.6 is 0 Å². The normalized spacial score (nSPS) is 18.5. The molecule has 8 nitrogen and oxygen atoms in total. The molecule has 0 spiro atoms. The highest BCUT2D eigenvalue weighted by Gasteiger charge is 2.37. The van der Waals surface area contributed by atoms with Crippen LogP contribution in [0.3, 0.4) is 0 Å². The zero-order valence-electron chi connectivity index (χ0n) is 10.0. The third-order valence-corrected chi connectivity index (χ3v) is 2.68. The van der Waals surface area contributed by atoms with Crippen LogP contribution in [0.15, 0.2) is 10.4 Å². The van der Waals surface area contributed by atoms with Crippen molar-refractivity contribution in [2.75, 3.05) is 20.8 Å². The zero-order chi connectivity index (χ0) is 13.4. The fraction of sp³-hybridized carbons (Fsp3) is 1.00. The fourth-order valence-electron chi connectivity index (χ4n) is 1.48. The van der Waals surface area contributed by atoms with Gasteiger partial charge in [-0.2, -0.15) is 9.81 Å². The summed E-state index contributed by atoms with van der Waals surface area (Å²) in [4.78, 5) is 21.1. The van der Waals surface area contributed by atoms with Crippen molar-refractivity contribution in [2.45, 2.75) is 31.4 Å². The summed E-state index contributed by atoms with van der Waals surface area (Å²) in [6.45, 7) is 0.964. The predicted molar refractivity (Wildman–Crippen MR) is 59.2 cm³/mol. The van der Waals surface area contributed by atoms with Gasteiger partial charge in [-0.3, -0.25) is 0 Å². The minimum absolute atomic E-state index is 0.516. The molecule has 0 saturated heterocycles. The van der Waals surface area contributed by atoms with Crippen LogP contribution < -0.4 is 0 Å². The van der Waals surface area contributed by atoms with E-state index in [-0.39, 0.29) is 0 Å². The first-order valence-corrected chi connectivity index (χ1v) is 5.06. The van der Waals surface area contributed by atoms with Crippen LogP contribution in [0.25, 0.3) is 0 Å². The van der Waals surface area contributed by atoms with Crippen molar-refractivity contribution < 1.29 is 19.7 Å². The summed E-state index contributed by atoms with van der Waals surface area (Å²) in [7, 11) is 2.59. The van der Waals surface area contributed by atoms with Gasteiger partial charge in [-0.25, -0.2) is 0 Å². The van der Waals surface area contributed by atoms with Crippen LogP contribution in [-0.4, -0.2) is 55.5 Å². The Morgan fingerprint density at radius 3 is 2.00 bits per heavy atom. The molecule has 0 rings (SSSR count). The van der Waals surface area contributed by atoms with Gasteiger partial charge in [-0.05, 0) is 0 Å². The summed E-state index contributed by atoms with van der Waals surface area (Å²) in [6, 6.07) is -2.21. The maximum absolute atomic E-state index is 10.7. The Bertz CT molecular complexity index is 236. The summed E-state index contributed by atoms with van der Waals surface area (Å²) in [6.07, 6.45) is -2.32. The smallest absolute Gasteiger partial charge is 0.185 e. The van der Waals surface area contributed by atoms with Crippen LogP contribution in [0, 0.1) is 15.7 Å². The van der Waals surface area contributed by atoms with Crippen molar-refractivity contribution in [2.24, 2.45) is 16.3 Å². The number of aliphatic hydroxyl groups is 2. The lowest BCUT2D eigenvalue weighted by Crippen LogP contribution is -2.45. The van der Waals surface area contributed by atoms with E-state index < -0.39 is 37.0 Å². The first-order valence-electron chi connectivity index (χ1n) is 5.06. The standard InChI is InChI=1S/C9H18N2O6/c1-5(6(4-12)10-14)8(13)7(11-15)9(16-2)17-3/h5-9,12-13H,4H2,1-3H3/t5?,6-,7?,8?/m1/s1. The molecule has 0 aliphatic rings. The highest BCUT2D eigenvalue weighted by atomic mass is 16.7. The van der Waals surface area contributed by atoms with Crippen molar-refractivity contribution >= 4 is 0 Å². The summed E-state index contributed by atoms with van der Waals surface area (Å²) in [5.74, 6) is -0.743.